The van der Waals surface area contributed by atoms with Gasteiger partial charge in [0.25, 0.3) is 5.91 Å². The fourth-order valence-corrected chi connectivity index (χ4v) is 5.45. The predicted molar refractivity (Wildman–Crippen MR) is 136 cm³/mol. The lowest BCUT2D eigenvalue weighted by Crippen LogP contribution is -2.31. The third-order valence-corrected chi connectivity index (χ3v) is 7.28. The van der Waals surface area contributed by atoms with Crippen molar-refractivity contribution in [2.45, 2.75) is 44.9 Å². The molecule has 5 rings (SSSR count). The summed E-state index contributed by atoms with van der Waals surface area (Å²) in [5, 5.41) is 3.81. The monoisotopic (exact) mass is 525 g/mol. The molecule has 198 valence electrons. The molecule has 38 heavy (non-hydrogen) atoms. The van der Waals surface area contributed by atoms with Crippen molar-refractivity contribution in [3.05, 3.63) is 83.6 Å². The number of alkyl halides is 3. The standard InChI is InChI=1S/C29H27F4N3O2/c1-17-27(22-4-2-3-5-26(22)38-29(31,32)33)24(16-35-17)28(37)36-15-18-6-8-19(9-7-18)21-12-13-34-25-11-10-20(30)14-23(21)25/h2-5,10-14,16,18-19,35H,6-9,15H2,1H3,(H,36,37). The third-order valence-electron chi connectivity index (χ3n) is 7.28. The van der Waals surface area contributed by atoms with E-state index in [2.05, 4.69) is 20.0 Å². The Morgan fingerprint density at radius 1 is 1.11 bits per heavy atom. The number of carbonyl (C=O) groups is 1. The van der Waals surface area contributed by atoms with Crippen LogP contribution in [-0.2, 0) is 0 Å². The number of aromatic nitrogens is 2. The lowest BCUT2D eigenvalue weighted by Gasteiger charge is -2.29. The predicted octanol–water partition coefficient (Wildman–Crippen LogP) is 7.28. The minimum atomic E-state index is -4.85. The zero-order valence-corrected chi connectivity index (χ0v) is 20.7. The quantitative estimate of drug-likeness (QED) is 0.260. The number of para-hydroxylation sites is 1. The molecule has 1 aliphatic carbocycles. The SMILES string of the molecule is Cc1[nH]cc(C(=O)NCC2CCC(c3ccnc4ccc(F)cc34)CC2)c1-c1ccccc1OC(F)(F)F. The van der Waals surface area contributed by atoms with Crippen LogP contribution in [0.2, 0.25) is 0 Å². The normalized spacial score (nSPS) is 17.9. The number of ether oxygens (including phenoxy) is 1. The summed E-state index contributed by atoms with van der Waals surface area (Å²) in [4.78, 5) is 20.4. The molecule has 1 aliphatic rings. The van der Waals surface area contributed by atoms with Crippen molar-refractivity contribution in [3.8, 4) is 16.9 Å². The Hall–Kier alpha value is -3.88. The average Bonchev–Trinajstić information content (AvgIpc) is 3.28. The topological polar surface area (TPSA) is 67.0 Å². The van der Waals surface area contributed by atoms with Crippen LogP contribution in [0.5, 0.6) is 5.75 Å². The van der Waals surface area contributed by atoms with Gasteiger partial charge in [-0.1, -0.05) is 18.2 Å². The molecule has 0 bridgehead atoms. The molecule has 2 aromatic carbocycles. The lowest BCUT2D eigenvalue weighted by atomic mass is 9.78. The van der Waals surface area contributed by atoms with Gasteiger partial charge in [0.2, 0.25) is 0 Å². The van der Waals surface area contributed by atoms with E-state index in [0.717, 1.165) is 42.1 Å². The lowest BCUT2D eigenvalue weighted by molar-refractivity contribution is -0.274. The Morgan fingerprint density at radius 3 is 2.63 bits per heavy atom. The maximum Gasteiger partial charge on any atom is 0.573 e. The number of fused-ring (bicyclic) bond motifs is 1. The van der Waals surface area contributed by atoms with Gasteiger partial charge in [-0.05, 0) is 80.3 Å². The first-order chi connectivity index (χ1) is 18.2. The molecule has 1 fully saturated rings. The molecular formula is C29H27F4N3O2. The van der Waals surface area contributed by atoms with Crippen LogP contribution < -0.4 is 10.1 Å². The van der Waals surface area contributed by atoms with Crippen molar-refractivity contribution in [1.29, 1.82) is 0 Å². The maximum absolute atomic E-state index is 13.9. The van der Waals surface area contributed by atoms with Crippen LogP contribution in [0.3, 0.4) is 0 Å². The summed E-state index contributed by atoms with van der Waals surface area (Å²) >= 11 is 0. The van der Waals surface area contributed by atoms with Crippen molar-refractivity contribution in [2.24, 2.45) is 5.92 Å². The number of halogens is 4. The number of aryl methyl sites for hydroxylation is 1. The molecule has 9 heteroatoms. The van der Waals surface area contributed by atoms with Crippen molar-refractivity contribution in [2.75, 3.05) is 6.54 Å². The van der Waals surface area contributed by atoms with Crippen molar-refractivity contribution < 1.29 is 27.1 Å². The smallest absolute Gasteiger partial charge is 0.405 e. The van der Waals surface area contributed by atoms with Crippen LogP contribution in [0, 0.1) is 18.7 Å². The van der Waals surface area contributed by atoms with Crippen LogP contribution in [0.25, 0.3) is 22.0 Å². The Labute approximate surface area is 217 Å². The molecule has 0 aliphatic heterocycles. The first-order valence-electron chi connectivity index (χ1n) is 12.5. The van der Waals surface area contributed by atoms with E-state index in [-0.39, 0.29) is 34.5 Å². The fraction of sp³-hybridized carbons (Fsp3) is 0.310. The molecule has 1 amide bonds. The van der Waals surface area contributed by atoms with Gasteiger partial charge in [-0.15, -0.1) is 13.2 Å². The molecule has 2 heterocycles. The number of pyridine rings is 1. The van der Waals surface area contributed by atoms with Crippen LogP contribution in [0.15, 0.2) is 60.9 Å². The van der Waals surface area contributed by atoms with E-state index in [1.807, 2.05) is 6.07 Å². The molecule has 5 nitrogen and oxygen atoms in total. The molecule has 2 aromatic heterocycles. The van der Waals surface area contributed by atoms with E-state index in [0.29, 0.717) is 23.7 Å². The summed E-state index contributed by atoms with van der Waals surface area (Å²) in [6.07, 6.45) is 2.03. The van der Waals surface area contributed by atoms with Crippen molar-refractivity contribution in [3.63, 3.8) is 0 Å². The molecular weight excluding hydrogens is 498 g/mol. The second kappa shape index (κ2) is 10.5. The van der Waals surface area contributed by atoms with Crippen molar-refractivity contribution >= 4 is 16.8 Å². The van der Waals surface area contributed by atoms with Crippen LogP contribution in [-0.4, -0.2) is 28.8 Å². The highest BCUT2D eigenvalue weighted by Crippen LogP contribution is 2.39. The van der Waals surface area contributed by atoms with E-state index in [4.69, 9.17) is 0 Å². The van der Waals surface area contributed by atoms with Gasteiger partial charge < -0.3 is 15.0 Å². The third kappa shape index (κ3) is 5.51. The molecule has 0 unspecified atom stereocenters. The highest BCUT2D eigenvalue weighted by atomic mass is 19.4. The second-order valence-corrected chi connectivity index (χ2v) is 9.74. The van der Waals surface area contributed by atoms with Crippen LogP contribution in [0.4, 0.5) is 17.6 Å². The molecule has 1 saturated carbocycles. The van der Waals surface area contributed by atoms with E-state index < -0.39 is 6.36 Å². The second-order valence-electron chi connectivity index (χ2n) is 9.74. The highest BCUT2D eigenvalue weighted by Gasteiger charge is 2.33. The minimum Gasteiger partial charge on any atom is -0.405 e. The molecule has 0 radical (unpaired) electrons. The number of H-pyrrole nitrogens is 1. The zero-order valence-electron chi connectivity index (χ0n) is 20.7. The van der Waals surface area contributed by atoms with Gasteiger partial charge in [0, 0.05) is 41.1 Å². The fourth-order valence-electron chi connectivity index (χ4n) is 5.45. The summed E-state index contributed by atoms with van der Waals surface area (Å²) in [5.41, 5.74) is 3.27. The van der Waals surface area contributed by atoms with Gasteiger partial charge in [-0.25, -0.2) is 4.39 Å². The van der Waals surface area contributed by atoms with E-state index in [1.165, 1.54) is 30.5 Å². The summed E-state index contributed by atoms with van der Waals surface area (Å²) in [7, 11) is 0. The highest BCUT2D eigenvalue weighted by molar-refractivity contribution is 6.02. The van der Waals surface area contributed by atoms with E-state index in [9.17, 15) is 22.4 Å². The zero-order chi connectivity index (χ0) is 26.9. The van der Waals surface area contributed by atoms with Crippen LogP contribution in [0.1, 0.15) is 53.2 Å². The van der Waals surface area contributed by atoms with Gasteiger partial charge in [-0.2, -0.15) is 0 Å². The van der Waals surface area contributed by atoms with Crippen LogP contribution >= 0.6 is 0 Å². The van der Waals surface area contributed by atoms with Gasteiger partial charge in [-0.3, -0.25) is 9.78 Å². The number of rotatable bonds is 6. The molecule has 0 spiro atoms. The maximum atomic E-state index is 13.9. The number of hydrogen-bond acceptors (Lipinski definition) is 3. The summed E-state index contributed by atoms with van der Waals surface area (Å²) in [6.45, 7) is 2.16. The van der Waals surface area contributed by atoms with Gasteiger partial charge >= 0.3 is 6.36 Å². The van der Waals surface area contributed by atoms with E-state index in [1.54, 1.807) is 31.3 Å². The van der Waals surface area contributed by atoms with E-state index >= 15 is 0 Å². The summed E-state index contributed by atoms with van der Waals surface area (Å²) < 4.78 is 56.9. The Balaban J connectivity index is 1.25. The van der Waals surface area contributed by atoms with Crippen molar-refractivity contribution in [1.82, 2.24) is 15.3 Å². The molecule has 0 atom stereocenters. The van der Waals surface area contributed by atoms with Gasteiger partial charge in [0.05, 0.1) is 11.1 Å². The first-order valence-corrected chi connectivity index (χ1v) is 12.5. The number of aromatic amines is 1. The molecule has 2 N–H and O–H groups in total. The first kappa shape index (κ1) is 25.8. The average molecular weight is 526 g/mol. The molecule has 4 aromatic rings. The summed E-state index contributed by atoms with van der Waals surface area (Å²) in [5.74, 6) is -0.444. The summed E-state index contributed by atoms with van der Waals surface area (Å²) in [6, 6.07) is 12.4. The number of amides is 1. The van der Waals surface area contributed by atoms with Gasteiger partial charge in [0.15, 0.2) is 0 Å². The number of hydrogen-bond donors (Lipinski definition) is 2. The Kier molecular flexibility index (Phi) is 7.10. The number of benzene rings is 2. The van der Waals surface area contributed by atoms with Gasteiger partial charge in [0.1, 0.15) is 11.6 Å². The Bertz CT molecular complexity index is 1460. The Morgan fingerprint density at radius 2 is 1.87 bits per heavy atom. The minimum absolute atomic E-state index is 0.190. The largest absolute Gasteiger partial charge is 0.573 e. The molecule has 0 saturated heterocycles. The number of carbonyl (C=O) groups excluding carboxylic acids is 1. The number of nitrogens with zero attached hydrogens (tertiary/aromatic N) is 1. The number of nitrogens with one attached hydrogen (secondary N) is 2.